The molecule has 0 spiro atoms. The molecule has 1 amide bonds. The number of hydrogen-bond acceptors (Lipinski definition) is 7. The van der Waals surface area contributed by atoms with Crippen molar-refractivity contribution in [3.05, 3.63) is 95.1 Å². The fourth-order valence-corrected chi connectivity index (χ4v) is 4.66. The van der Waals surface area contributed by atoms with Crippen molar-refractivity contribution in [3.63, 3.8) is 0 Å². The first kappa shape index (κ1) is 30.6. The Labute approximate surface area is 248 Å². The third-order valence-corrected chi connectivity index (χ3v) is 7.08. The number of ether oxygens (including phenoxy) is 2. The summed E-state index contributed by atoms with van der Waals surface area (Å²) in [5.74, 6) is -0.666. The third-order valence-electron chi connectivity index (χ3n) is 6.57. The van der Waals surface area contributed by atoms with E-state index in [2.05, 4.69) is 5.32 Å². The van der Waals surface area contributed by atoms with Crippen LogP contribution in [0.5, 0.6) is 5.75 Å². The summed E-state index contributed by atoms with van der Waals surface area (Å²) in [6.45, 7) is 0.800. The number of likely N-dealkylation sites (N-methyl/N-ethyl adjacent to an activating group) is 1. The van der Waals surface area contributed by atoms with Gasteiger partial charge in [-0.15, -0.1) is 0 Å². The molecule has 0 radical (unpaired) electrons. The van der Waals surface area contributed by atoms with Crippen LogP contribution in [-0.2, 0) is 20.9 Å². The lowest BCUT2D eigenvalue weighted by Crippen LogP contribution is -2.39. The number of aliphatic hydroxyl groups excluding tert-OH is 2. The molecule has 1 saturated heterocycles. The van der Waals surface area contributed by atoms with Crippen molar-refractivity contribution in [2.24, 2.45) is 0 Å². The number of aromatic hydroxyl groups is 1. The van der Waals surface area contributed by atoms with Crippen molar-refractivity contribution >= 4 is 46.4 Å². The zero-order valence-corrected chi connectivity index (χ0v) is 24.0. The van der Waals surface area contributed by atoms with Gasteiger partial charge in [-0.2, -0.15) is 0 Å². The smallest absolute Gasteiger partial charge is 0.276 e. The molecule has 214 valence electrons. The fourth-order valence-electron chi connectivity index (χ4n) is 4.51. The molecule has 1 heterocycles. The molecule has 1 aliphatic heterocycles. The predicted molar refractivity (Wildman–Crippen MR) is 154 cm³/mol. The maximum atomic E-state index is 12.0. The molecule has 4 unspecified atom stereocenters. The van der Waals surface area contributed by atoms with Gasteiger partial charge in [-0.1, -0.05) is 83.3 Å². The van der Waals surface area contributed by atoms with Crippen molar-refractivity contribution in [1.29, 1.82) is 0 Å². The average molecular weight is 610 g/mol. The molecule has 0 saturated carbocycles. The van der Waals surface area contributed by atoms with Gasteiger partial charge in [-0.25, -0.2) is 0 Å². The van der Waals surface area contributed by atoms with E-state index < -0.39 is 22.1 Å². The average Bonchev–Trinajstić information content (AvgIpc) is 2.92. The minimum Gasteiger partial charge on any atom is -0.508 e. The van der Waals surface area contributed by atoms with Crippen LogP contribution in [0.1, 0.15) is 47.2 Å². The van der Waals surface area contributed by atoms with Crippen LogP contribution in [0, 0.1) is 0 Å². The Balaban J connectivity index is 1.49. The van der Waals surface area contributed by atoms with Crippen LogP contribution in [0.4, 0.5) is 5.69 Å². The van der Waals surface area contributed by atoms with E-state index in [1.54, 1.807) is 48.5 Å². The number of hydrogen-bond donors (Lipinski definition) is 4. The second-order valence-electron chi connectivity index (χ2n) is 9.76. The summed E-state index contributed by atoms with van der Waals surface area (Å²) in [6, 6.07) is 21.0. The fraction of sp³-hybridized carbons (Fsp3) is 0.345. The molecule has 0 bridgehead atoms. The van der Waals surface area contributed by atoms with Crippen molar-refractivity contribution in [3.8, 4) is 5.75 Å². The van der Waals surface area contributed by atoms with Gasteiger partial charge in [0.1, 0.15) is 5.75 Å². The first-order valence-corrected chi connectivity index (χ1v) is 13.8. The van der Waals surface area contributed by atoms with Crippen LogP contribution in [0.2, 0.25) is 0 Å². The SMILES string of the molecule is CN(CC1CC(c2ccc(CO)cc2)OC(c2ccc(NC(=O)C(Cl)(Cl)Cl)cc2)O1)CC(O)c1cccc(O)c1. The molecule has 11 heteroatoms. The highest BCUT2D eigenvalue weighted by molar-refractivity contribution is 6.76. The van der Waals surface area contributed by atoms with Gasteiger partial charge in [-0.3, -0.25) is 4.79 Å². The summed E-state index contributed by atoms with van der Waals surface area (Å²) in [6.07, 6.45) is -1.46. The number of carbonyl (C=O) groups is 1. The van der Waals surface area contributed by atoms with Crippen LogP contribution in [0.15, 0.2) is 72.8 Å². The van der Waals surface area contributed by atoms with Crippen LogP contribution >= 0.6 is 34.8 Å². The van der Waals surface area contributed by atoms with Crippen molar-refractivity contribution < 1.29 is 29.6 Å². The zero-order valence-electron chi connectivity index (χ0n) is 21.7. The molecule has 1 fully saturated rings. The van der Waals surface area contributed by atoms with E-state index in [1.165, 1.54) is 0 Å². The number of alkyl halides is 3. The first-order valence-electron chi connectivity index (χ1n) is 12.7. The second kappa shape index (κ2) is 13.5. The number of anilines is 1. The molecule has 4 rings (SSSR count). The van der Waals surface area contributed by atoms with Crippen LogP contribution in [0.25, 0.3) is 0 Å². The maximum absolute atomic E-state index is 12.0. The number of benzene rings is 3. The number of rotatable bonds is 9. The number of phenolic OH excluding ortho intramolecular Hbond substituents is 1. The molecule has 3 aromatic carbocycles. The van der Waals surface area contributed by atoms with E-state index >= 15 is 0 Å². The van der Waals surface area contributed by atoms with Gasteiger partial charge >= 0.3 is 0 Å². The molecule has 4 atom stereocenters. The van der Waals surface area contributed by atoms with E-state index in [9.17, 15) is 20.1 Å². The monoisotopic (exact) mass is 608 g/mol. The number of amides is 1. The molecule has 40 heavy (non-hydrogen) atoms. The first-order chi connectivity index (χ1) is 19.0. The van der Waals surface area contributed by atoms with Gasteiger partial charge in [0.25, 0.3) is 9.70 Å². The van der Waals surface area contributed by atoms with Gasteiger partial charge < -0.3 is 35.0 Å². The van der Waals surface area contributed by atoms with Gasteiger partial charge in [0.05, 0.1) is 24.9 Å². The molecule has 1 aliphatic rings. The van der Waals surface area contributed by atoms with E-state index in [1.807, 2.05) is 36.2 Å². The molecule has 0 aliphatic carbocycles. The predicted octanol–water partition coefficient (Wildman–Crippen LogP) is 5.40. The van der Waals surface area contributed by atoms with Gasteiger partial charge in [0.15, 0.2) is 6.29 Å². The Bertz CT molecular complexity index is 1270. The van der Waals surface area contributed by atoms with Crippen molar-refractivity contribution in [2.45, 2.75) is 41.4 Å². The Morgan fingerprint density at radius 2 is 1.73 bits per heavy atom. The molecule has 4 N–H and O–H groups in total. The highest BCUT2D eigenvalue weighted by Crippen LogP contribution is 2.38. The van der Waals surface area contributed by atoms with Crippen LogP contribution < -0.4 is 5.32 Å². The van der Waals surface area contributed by atoms with Gasteiger partial charge in [0.2, 0.25) is 0 Å². The Kier molecular flexibility index (Phi) is 10.3. The zero-order chi connectivity index (χ0) is 28.9. The summed E-state index contributed by atoms with van der Waals surface area (Å²) >= 11 is 16.9. The maximum Gasteiger partial charge on any atom is 0.276 e. The lowest BCUT2D eigenvalue weighted by molar-refractivity contribution is -0.252. The Morgan fingerprint density at radius 1 is 1.05 bits per heavy atom. The van der Waals surface area contributed by atoms with E-state index in [0.29, 0.717) is 30.8 Å². The third kappa shape index (κ3) is 8.31. The van der Waals surface area contributed by atoms with Gasteiger partial charge in [-0.05, 0) is 48.0 Å². The summed E-state index contributed by atoms with van der Waals surface area (Å²) in [5.41, 5.74) is 3.56. The van der Waals surface area contributed by atoms with Crippen molar-refractivity contribution in [2.75, 3.05) is 25.5 Å². The van der Waals surface area contributed by atoms with E-state index in [4.69, 9.17) is 44.3 Å². The summed E-state index contributed by atoms with van der Waals surface area (Å²) < 4.78 is 10.6. The molecule has 8 nitrogen and oxygen atoms in total. The standard InChI is InChI=1S/C29H31Cl3N2O6/c1-34(16-25(37)21-3-2-4-23(36)13-21)15-24-14-26(19-7-5-18(17-35)6-8-19)40-27(39-24)20-9-11-22(12-10-20)33-28(38)29(30,31)32/h2-13,24-27,35-37H,14-17H2,1H3,(H,33,38). The normalized spacial score (nSPS) is 20.3. The molecule has 0 aromatic heterocycles. The van der Waals surface area contributed by atoms with E-state index in [-0.39, 0.29) is 24.6 Å². The minimum atomic E-state index is -2.08. The summed E-state index contributed by atoms with van der Waals surface area (Å²) in [5, 5.41) is 32.4. The minimum absolute atomic E-state index is 0.0480. The number of carbonyl (C=O) groups excluding carboxylic acids is 1. The number of aliphatic hydroxyl groups is 2. The van der Waals surface area contributed by atoms with Crippen LogP contribution in [-0.4, -0.2) is 56.2 Å². The topological polar surface area (TPSA) is 111 Å². The highest BCUT2D eigenvalue weighted by atomic mass is 35.6. The quantitative estimate of drug-likeness (QED) is 0.240. The lowest BCUT2D eigenvalue weighted by atomic mass is 9.99. The van der Waals surface area contributed by atoms with Gasteiger partial charge in [0, 0.05) is 30.8 Å². The molecular weight excluding hydrogens is 579 g/mol. The largest absolute Gasteiger partial charge is 0.508 e. The Hall–Kier alpha value is -2.40. The summed E-state index contributed by atoms with van der Waals surface area (Å²) in [7, 11) is 1.90. The number of halogens is 3. The van der Waals surface area contributed by atoms with Crippen molar-refractivity contribution in [1.82, 2.24) is 4.90 Å². The van der Waals surface area contributed by atoms with Crippen LogP contribution in [0.3, 0.4) is 0 Å². The molecule has 3 aromatic rings. The van der Waals surface area contributed by atoms with E-state index in [0.717, 1.165) is 16.7 Å². The number of nitrogens with one attached hydrogen (secondary N) is 1. The lowest BCUT2D eigenvalue weighted by Gasteiger charge is -2.38. The molecular formula is C29H31Cl3N2O6. The number of phenols is 1. The highest BCUT2D eigenvalue weighted by Gasteiger charge is 2.34. The second-order valence-corrected chi connectivity index (χ2v) is 12.0. The summed E-state index contributed by atoms with van der Waals surface area (Å²) in [4.78, 5) is 14.0. The number of nitrogens with zero attached hydrogens (tertiary/aromatic N) is 1. The Morgan fingerprint density at radius 3 is 2.35 bits per heavy atom.